The van der Waals surface area contributed by atoms with Crippen molar-refractivity contribution in [1.82, 2.24) is 19.9 Å². The highest BCUT2D eigenvalue weighted by atomic mass is 16.1. The van der Waals surface area contributed by atoms with Crippen molar-refractivity contribution in [1.29, 1.82) is 0 Å². The summed E-state index contributed by atoms with van der Waals surface area (Å²) in [6.07, 6.45) is 2.75. The Bertz CT molecular complexity index is 886. The quantitative estimate of drug-likeness (QED) is 0.595. The molecule has 0 radical (unpaired) electrons. The van der Waals surface area contributed by atoms with Crippen LogP contribution in [0.25, 0.3) is 0 Å². The second-order valence-corrected chi connectivity index (χ2v) is 7.08. The molecule has 2 aromatic carbocycles. The fourth-order valence-electron chi connectivity index (χ4n) is 3.57. The number of aromatic nitrogens is 3. The van der Waals surface area contributed by atoms with E-state index in [1.807, 2.05) is 18.2 Å². The smallest absolute Gasteiger partial charge is 0.214 e. The maximum Gasteiger partial charge on any atom is 0.214 e. The van der Waals surface area contributed by atoms with E-state index in [9.17, 15) is 4.79 Å². The molecule has 0 amide bonds. The molecule has 1 fully saturated rings. The molecule has 1 aromatic heterocycles. The summed E-state index contributed by atoms with van der Waals surface area (Å²) in [5, 5.41) is 8.16. The number of ketones is 1. The van der Waals surface area contributed by atoms with Gasteiger partial charge in [-0.2, -0.15) is 0 Å². The number of carbonyl (C=O) groups excluding carboxylic acids is 1. The molecular formula is C22H25N5O. The maximum atomic E-state index is 12.4. The van der Waals surface area contributed by atoms with Crippen molar-refractivity contribution < 1.29 is 4.79 Å². The number of anilines is 1. The predicted octanol–water partition coefficient (Wildman–Crippen LogP) is 2.72. The van der Waals surface area contributed by atoms with E-state index in [-0.39, 0.29) is 5.78 Å². The fourth-order valence-corrected chi connectivity index (χ4v) is 3.57. The molecule has 0 saturated carbocycles. The molecule has 0 N–H and O–H groups in total. The van der Waals surface area contributed by atoms with Crippen LogP contribution in [0.2, 0.25) is 0 Å². The van der Waals surface area contributed by atoms with Gasteiger partial charge in [0.05, 0.1) is 6.20 Å². The van der Waals surface area contributed by atoms with E-state index < -0.39 is 0 Å². The number of carbonyl (C=O) groups is 1. The minimum atomic E-state index is -0.0797. The summed E-state index contributed by atoms with van der Waals surface area (Å²) in [5.41, 5.74) is 2.36. The van der Waals surface area contributed by atoms with E-state index in [1.165, 1.54) is 5.69 Å². The van der Waals surface area contributed by atoms with Gasteiger partial charge in [-0.05, 0) is 18.6 Å². The molecular weight excluding hydrogens is 350 g/mol. The van der Waals surface area contributed by atoms with E-state index in [1.54, 1.807) is 23.0 Å². The van der Waals surface area contributed by atoms with Crippen LogP contribution in [-0.2, 0) is 6.54 Å². The average molecular weight is 375 g/mol. The Morgan fingerprint density at radius 2 is 1.54 bits per heavy atom. The van der Waals surface area contributed by atoms with E-state index >= 15 is 0 Å². The van der Waals surface area contributed by atoms with Crippen LogP contribution in [0.1, 0.15) is 22.5 Å². The molecule has 28 heavy (non-hydrogen) atoms. The molecule has 0 atom stereocenters. The van der Waals surface area contributed by atoms with Gasteiger partial charge in [-0.15, -0.1) is 5.10 Å². The Morgan fingerprint density at radius 1 is 0.857 bits per heavy atom. The summed E-state index contributed by atoms with van der Waals surface area (Å²) >= 11 is 0. The average Bonchev–Trinajstić information content (AvgIpc) is 3.24. The Labute approximate surface area is 165 Å². The normalized spacial score (nSPS) is 14.9. The van der Waals surface area contributed by atoms with Gasteiger partial charge in [-0.1, -0.05) is 53.7 Å². The summed E-state index contributed by atoms with van der Waals surface area (Å²) in [5.74, 6) is -0.0797. The lowest BCUT2D eigenvalue weighted by molar-refractivity contribution is 0.103. The lowest BCUT2D eigenvalue weighted by Gasteiger charge is -2.36. The van der Waals surface area contributed by atoms with Crippen molar-refractivity contribution in [3.8, 4) is 0 Å². The van der Waals surface area contributed by atoms with Crippen molar-refractivity contribution in [2.24, 2.45) is 0 Å². The zero-order valence-corrected chi connectivity index (χ0v) is 15.9. The minimum Gasteiger partial charge on any atom is -0.369 e. The number of rotatable bonds is 7. The lowest BCUT2D eigenvalue weighted by Crippen LogP contribution is -2.46. The number of hydrogen-bond acceptors (Lipinski definition) is 5. The van der Waals surface area contributed by atoms with Crippen molar-refractivity contribution in [3.63, 3.8) is 0 Å². The highest BCUT2D eigenvalue weighted by Crippen LogP contribution is 2.15. The van der Waals surface area contributed by atoms with Crippen LogP contribution in [0.5, 0.6) is 0 Å². The molecule has 1 aliphatic heterocycles. The van der Waals surface area contributed by atoms with Gasteiger partial charge >= 0.3 is 0 Å². The molecule has 1 saturated heterocycles. The third-order valence-electron chi connectivity index (χ3n) is 5.16. The predicted molar refractivity (Wildman–Crippen MR) is 110 cm³/mol. The summed E-state index contributed by atoms with van der Waals surface area (Å²) < 4.78 is 1.77. The lowest BCUT2D eigenvalue weighted by atomic mass is 10.1. The molecule has 0 spiro atoms. The highest BCUT2D eigenvalue weighted by molar-refractivity contribution is 6.07. The van der Waals surface area contributed by atoms with Gasteiger partial charge in [-0.3, -0.25) is 14.4 Å². The first-order valence-electron chi connectivity index (χ1n) is 9.82. The Morgan fingerprint density at radius 3 is 2.25 bits per heavy atom. The molecule has 6 nitrogen and oxygen atoms in total. The third kappa shape index (κ3) is 4.46. The molecule has 144 valence electrons. The third-order valence-corrected chi connectivity index (χ3v) is 5.16. The zero-order valence-electron chi connectivity index (χ0n) is 15.9. The van der Waals surface area contributed by atoms with Crippen LogP contribution in [0.3, 0.4) is 0 Å². The molecule has 4 rings (SSSR count). The molecule has 1 aliphatic rings. The molecule has 0 unspecified atom stereocenters. The Hall–Kier alpha value is -2.99. The number of benzene rings is 2. The van der Waals surface area contributed by atoms with E-state index in [0.29, 0.717) is 11.3 Å². The van der Waals surface area contributed by atoms with Crippen LogP contribution in [0.15, 0.2) is 66.9 Å². The summed E-state index contributed by atoms with van der Waals surface area (Å²) in [6.45, 7) is 6.07. The summed E-state index contributed by atoms with van der Waals surface area (Å²) in [6, 6.07) is 19.8. The van der Waals surface area contributed by atoms with Crippen LogP contribution < -0.4 is 4.90 Å². The SMILES string of the molecule is O=C(c1ccccc1)c1cn(CCCN2CCN(c3ccccc3)CC2)nn1. The van der Waals surface area contributed by atoms with Crippen LogP contribution in [-0.4, -0.2) is 58.4 Å². The first-order valence-corrected chi connectivity index (χ1v) is 9.82. The van der Waals surface area contributed by atoms with E-state index in [4.69, 9.17) is 0 Å². The molecule has 0 bridgehead atoms. The van der Waals surface area contributed by atoms with Gasteiger partial charge < -0.3 is 4.90 Å². The van der Waals surface area contributed by atoms with Gasteiger partial charge in [-0.25, -0.2) is 0 Å². The second-order valence-electron chi connectivity index (χ2n) is 7.08. The number of nitrogens with zero attached hydrogens (tertiary/aromatic N) is 5. The maximum absolute atomic E-state index is 12.4. The molecule has 0 aliphatic carbocycles. The number of piperazine rings is 1. The monoisotopic (exact) mass is 375 g/mol. The van der Waals surface area contributed by atoms with Crippen molar-refractivity contribution in [2.75, 3.05) is 37.6 Å². The molecule has 2 heterocycles. The van der Waals surface area contributed by atoms with Gasteiger partial charge in [0.15, 0.2) is 5.69 Å². The Balaban J connectivity index is 1.22. The van der Waals surface area contributed by atoms with Gasteiger partial charge in [0.25, 0.3) is 0 Å². The molecule has 3 aromatic rings. The first kappa shape index (κ1) is 18.4. The Kier molecular flexibility index (Phi) is 5.77. The zero-order chi connectivity index (χ0) is 19.2. The number of aryl methyl sites for hydroxylation is 1. The summed E-state index contributed by atoms with van der Waals surface area (Å²) in [4.78, 5) is 17.3. The largest absolute Gasteiger partial charge is 0.369 e. The standard InChI is InChI=1S/C22H25N5O/c28-22(19-8-3-1-4-9-19)21-18-27(24-23-21)13-7-12-25-14-16-26(17-15-25)20-10-5-2-6-11-20/h1-6,8-11,18H,7,12-17H2. The van der Waals surface area contributed by atoms with Gasteiger partial charge in [0.1, 0.15) is 0 Å². The fraction of sp³-hybridized carbons (Fsp3) is 0.318. The van der Waals surface area contributed by atoms with Crippen LogP contribution in [0, 0.1) is 0 Å². The topological polar surface area (TPSA) is 54.3 Å². The highest BCUT2D eigenvalue weighted by Gasteiger charge is 2.17. The first-order chi connectivity index (χ1) is 13.8. The van der Waals surface area contributed by atoms with Crippen LogP contribution >= 0.6 is 0 Å². The van der Waals surface area contributed by atoms with Gasteiger partial charge in [0.2, 0.25) is 5.78 Å². The van der Waals surface area contributed by atoms with Crippen molar-refractivity contribution >= 4 is 11.5 Å². The van der Waals surface area contributed by atoms with Crippen molar-refractivity contribution in [2.45, 2.75) is 13.0 Å². The number of hydrogen-bond donors (Lipinski definition) is 0. The summed E-state index contributed by atoms with van der Waals surface area (Å²) in [7, 11) is 0. The van der Waals surface area contributed by atoms with Crippen LogP contribution in [0.4, 0.5) is 5.69 Å². The van der Waals surface area contributed by atoms with E-state index in [0.717, 1.165) is 45.7 Å². The number of para-hydroxylation sites is 1. The van der Waals surface area contributed by atoms with Gasteiger partial charge in [0, 0.05) is 50.5 Å². The van der Waals surface area contributed by atoms with Crippen molar-refractivity contribution in [3.05, 3.63) is 78.1 Å². The molecule has 6 heteroatoms. The second kappa shape index (κ2) is 8.80. The van der Waals surface area contributed by atoms with E-state index in [2.05, 4.69) is 50.4 Å². The minimum absolute atomic E-state index is 0.0797.